The maximum Gasteiger partial charge on any atom is 0.196 e. The summed E-state index contributed by atoms with van der Waals surface area (Å²) in [7, 11) is 1.37. The lowest BCUT2D eigenvalue weighted by Crippen LogP contribution is -2.44. The summed E-state index contributed by atoms with van der Waals surface area (Å²) in [6.45, 7) is 6.70. The summed E-state index contributed by atoms with van der Waals surface area (Å²) in [4.78, 5) is 2.34. The number of halogens is 1. The third kappa shape index (κ3) is 3.16. The van der Waals surface area contributed by atoms with Crippen LogP contribution in [0.3, 0.4) is 0 Å². The summed E-state index contributed by atoms with van der Waals surface area (Å²) in [6, 6.07) is 1.42. The summed E-state index contributed by atoms with van der Waals surface area (Å²) in [5.74, 6) is -0.625. The van der Waals surface area contributed by atoms with Crippen LogP contribution in [-0.4, -0.2) is 49.8 Å². The van der Waals surface area contributed by atoms with Gasteiger partial charge in [0.05, 0.1) is 7.11 Å². The number of ether oxygens (including phenoxy) is 1. The van der Waals surface area contributed by atoms with Crippen LogP contribution in [0.25, 0.3) is 0 Å². The van der Waals surface area contributed by atoms with Crippen LogP contribution in [0.2, 0.25) is 0 Å². The van der Waals surface area contributed by atoms with Gasteiger partial charge in [0.25, 0.3) is 0 Å². The summed E-state index contributed by atoms with van der Waals surface area (Å²) < 4.78 is 18.5. The lowest BCUT2D eigenvalue weighted by atomic mass is 10.0. The number of piperazine rings is 1. The number of phenolic OH excluding ortho intramolecular Hbond substituents is 1. The molecule has 0 spiro atoms. The molecule has 2 N–H and O–H groups in total. The minimum atomic E-state index is -0.511. The predicted octanol–water partition coefficient (Wildman–Crippen LogP) is 1.30. The zero-order valence-electron chi connectivity index (χ0n) is 11.5. The minimum absolute atomic E-state index is 0.0547. The Hall–Kier alpha value is -1.33. The van der Waals surface area contributed by atoms with Gasteiger partial charge in [0.2, 0.25) is 0 Å². The molecule has 1 aromatic rings. The van der Waals surface area contributed by atoms with Gasteiger partial charge in [-0.05, 0) is 25.0 Å². The van der Waals surface area contributed by atoms with E-state index in [1.165, 1.54) is 13.2 Å². The molecule has 4 nitrogen and oxygen atoms in total. The number of hydrogen-bond acceptors (Lipinski definition) is 4. The fourth-order valence-electron chi connectivity index (χ4n) is 2.49. The first kappa shape index (κ1) is 14.1. The molecule has 1 aliphatic heterocycles. The second kappa shape index (κ2) is 6.21. The Bertz CT molecular complexity index is 446. The summed E-state index contributed by atoms with van der Waals surface area (Å²) in [5.41, 5.74) is 1.54. The van der Waals surface area contributed by atoms with Crippen molar-refractivity contribution in [1.29, 1.82) is 0 Å². The van der Waals surface area contributed by atoms with Gasteiger partial charge in [-0.1, -0.05) is 0 Å². The molecule has 1 fully saturated rings. The van der Waals surface area contributed by atoms with Gasteiger partial charge in [0, 0.05) is 38.3 Å². The van der Waals surface area contributed by atoms with E-state index in [2.05, 4.69) is 10.2 Å². The van der Waals surface area contributed by atoms with Crippen molar-refractivity contribution in [3.05, 3.63) is 23.0 Å². The third-order valence-electron chi connectivity index (χ3n) is 3.63. The second-order valence-corrected chi connectivity index (χ2v) is 4.88. The number of phenols is 1. The Morgan fingerprint density at radius 1 is 1.42 bits per heavy atom. The van der Waals surface area contributed by atoms with E-state index in [0.29, 0.717) is 6.42 Å². The summed E-state index contributed by atoms with van der Waals surface area (Å²) >= 11 is 0. The largest absolute Gasteiger partial charge is 0.504 e. The minimum Gasteiger partial charge on any atom is -0.504 e. The Kier molecular flexibility index (Phi) is 4.61. The van der Waals surface area contributed by atoms with Crippen LogP contribution in [0.1, 0.15) is 11.1 Å². The van der Waals surface area contributed by atoms with Crippen molar-refractivity contribution < 1.29 is 14.2 Å². The first-order valence-electron chi connectivity index (χ1n) is 6.61. The first-order valence-corrected chi connectivity index (χ1v) is 6.61. The molecule has 19 heavy (non-hydrogen) atoms. The van der Waals surface area contributed by atoms with Crippen LogP contribution in [0.5, 0.6) is 11.5 Å². The SMILES string of the molecule is COc1c(F)cc(C)c(CCN2CCNCC2)c1O. The smallest absolute Gasteiger partial charge is 0.196 e. The molecule has 0 atom stereocenters. The molecule has 5 heteroatoms. The average molecular weight is 268 g/mol. The normalized spacial score (nSPS) is 16.6. The predicted molar refractivity (Wildman–Crippen MR) is 72.4 cm³/mol. The Labute approximate surface area is 113 Å². The first-order chi connectivity index (χ1) is 9.13. The van der Waals surface area contributed by atoms with E-state index in [1.807, 2.05) is 6.92 Å². The number of methoxy groups -OCH3 is 1. The number of aryl methyl sites for hydroxylation is 1. The Morgan fingerprint density at radius 2 is 2.11 bits per heavy atom. The molecule has 0 saturated carbocycles. The van der Waals surface area contributed by atoms with E-state index in [0.717, 1.165) is 43.9 Å². The molecule has 1 aliphatic rings. The van der Waals surface area contributed by atoms with E-state index in [4.69, 9.17) is 4.74 Å². The monoisotopic (exact) mass is 268 g/mol. The molecule has 0 amide bonds. The topological polar surface area (TPSA) is 44.7 Å². The molecule has 0 aromatic heterocycles. The van der Waals surface area contributed by atoms with Gasteiger partial charge >= 0.3 is 0 Å². The summed E-state index contributed by atoms with van der Waals surface area (Å²) in [6.07, 6.45) is 0.703. The van der Waals surface area contributed by atoms with Crippen molar-refractivity contribution in [3.8, 4) is 11.5 Å². The summed E-state index contributed by atoms with van der Waals surface area (Å²) in [5, 5.41) is 13.4. The fraction of sp³-hybridized carbons (Fsp3) is 0.571. The van der Waals surface area contributed by atoms with E-state index in [1.54, 1.807) is 0 Å². The van der Waals surface area contributed by atoms with Crippen LogP contribution in [0.15, 0.2) is 6.07 Å². The number of rotatable bonds is 4. The van der Waals surface area contributed by atoms with Crippen molar-refractivity contribution in [2.24, 2.45) is 0 Å². The fourth-order valence-corrected chi connectivity index (χ4v) is 2.49. The lowest BCUT2D eigenvalue weighted by molar-refractivity contribution is 0.242. The quantitative estimate of drug-likeness (QED) is 0.864. The van der Waals surface area contributed by atoms with Crippen LogP contribution in [0, 0.1) is 12.7 Å². The number of nitrogens with zero attached hydrogens (tertiary/aromatic N) is 1. The molecular weight excluding hydrogens is 247 g/mol. The molecule has 0 aliphatic carbocycles. The van der Waals surface area contributed by atoms with Crippen molar-refractivity contribution in [1.82, 2.24) is 10.2 Å². The molecule has 1 saturated heterocycles. The van der Waals surface area contributed by atoms with Gasteiger partial charge in [-0.25, -0.2) is 4.39 Å². The zero-order chi connectivity index (χ0) is 13.8. The zero-order valence-corrected chi connectivity index (χ0v) is 11.5. The maximum atomic E-state index is 13.6. The average Bonchev–Trinajstić information content (AvgIpc) is 2.39. The molecule has 2 rings (SSSR count). The second-order valence-electron chi connectivity index (χ2n) is 4.88. The molecule has 1 heterocycles. The molecule has 0 bridgehead atoms. The van der Waals surface area contributed by atoms with Gasteiger partial charge in [-0.2, -0.15) is 0 Å². The van der Waals surface area contributed by atoms with Gasteiger partial charge in [-0.3, -0.25) is 0 Å². The number of hydrogen-bond donors (Lipinski definition) is 2. The van der Waals surface area contributed by atoms with Crippen LogP contribution >= 0.6 is 0 Å². The standard InChI is InChI=1S/C14H21FN2O2/c1-10-9-12(15)14(19-2)13(18)11(10)3-6-17-7-4-16-5-8-17/h9,16,18H,3-8H2,1-2H3. The van der Waals surface area contributed by atoms with Crippen LogP contribution in [0.4, 0.5) is 4.39 Å². The highest BCUT2D eigenvalue weighted by atomic mass is 19.1. The Morgan fingerprint density at radius 3 is 2.74 bits per heavy atom. The van der Waals surface area contributed by atoms with Crippen molar-refractivity contribution in [2.75, 3.05) is 39.8 Å². The van der Waals surface area contributed by atoms with Crippen molar-refractivity contribution >= 4 is 0 Å². The number of nitrogens with one attached hydrogen (secondary N) is 1. The van der Waals surface area contributed by atoms with E-state index >= 15 is 0 Å². The molecule has 106 valence electrons. The van der Waals surface area contributed by atoms with Gasteiger partial charge < -0.3 is 20.1 Å². The van der Waals surface area contributed by atoms with Gasteiger partial charge in [-0.15, -0.1) is 0 Å². The van der Waals surface area contributed by atoms with E-state index < -0.39 is 5.82 Å². The van der Waals surface area contributed by atoms with Gasteiger partial charge in [0.1, 0.15) is 0 Å². The number of aromatic hydroxyl groups is 1. The van der Waals surface area contributed by atoms with Gasteiger partial charge in [0.15, 0.2) is 17.3 Å². The lowest BCUT2D eigenvalue weighted by Gasteiger charge is -2.27. The molecule has 1 aromatic carbocycles. The van der Waals surface area contributed by atoms with Crippen molar-refractivity contribution in [2.45, 2.75) is 13.3 Å². The maximum absolute atomic E-state index is 13.6. The molecule has 0 radical (unpaired) electrons. The molecule has 0 unspecified atom stereocenters. The Balaban J connectivity index is 2.10. The van der Waals surface area contributed by atoms with E-state index in [9.17, 15) is 9.50 Å². The highest BCUT2D eigenvalue weighted by Crippen LogP contribution is 2.35. The van der Waals surface area contributed by atoms with Crippen LogP contribution < -0.4 is 10.1 Å². The van der Waals surface area contributed by atoms with Crippen LogP contribution in [-0.2, 0) is 6.42 Å². The highest BCUT2D eigenvalue weighted by Gasteiger charge is 2.17. The van der Waals surface area contributed by atoms with Crippen molar-refractivity contribution in [3.63, 3.8) is 0 Å². The molecular formula is C14H21FN2O2. The number of benzene rings is 1. The highest BCUT2D eigenvalue weighted by molar-refractivity contribution is 5.50. The van der Waals surface area contributed by atoms with E-state index in [-0.39, 0.29) is 11.5 Å². The third-order valence-corrected chi connectivity index (χ3v) is 3.63.